The van der Waals surface area contributed by atoms with Crippen molar-refractivity contribution in [1.82, 2.24) is 24.5 Å². The number of amides is 1. The second-order valence-corrected chi connectivity index (χ2v) is 8.84. The third-order valence-electron chi connectivity index (χ3n) is 6.36. The van der Waals surface area contributed by atoms with Gasteiger partial charge in [0, 0.05) is 26.1 Å². The van der Waals surface area contributed by atoms with Crippen molar-refractivity contribution in [3.8, 4) is 5.69 Å². The number of piperidine rings is 1. The lowest BCUT2D eigenvalue weighted by Crippen LogP contribution is -2.38. The first-order chi connectivity index (χ1) is 14.8. The van der Waals surface area contributed by atoms with Crippen LogP contribution in [0.15, 0.2) is 29.1 Å². The number of hydrogen-bond acceptors (Lipinski definition) is 4. The van der Waals surface area contributed by atoms with Crippen molar-refractivity contribution < 1.29 is 4.79 Å². The predicted octanol–water partition coefficient (Wildman–Crippen LogP) is 3.55. The van der Waals surface area contributed by atoms with Gasteiger partial charge >= 0.3 is 0 Å². The van der Waals surface area contributed by atoms with Gasteiger partial charge in [-0.05, 0) is 58.1 Å². The Morgan fingerprint density at radius 2 is 1.74 bits per heavy atom. The third-order valence-corrected chi connectivity index (χ3v) is 6.36. The van der Waals surface area contributed by atoms with Gasteiger partial charge in [-0.2, -0.15) is 10.2 Å². The Bertz CT molecular complexity index is 1150. The summed E-state index contributed by atoms with van der Waals surface area (Å²) < 4.78 is 3.28. The highest BCUT2D eigenvalue weighted by atomic mass is 16.2. The fourth-order valence-corrected chi connectivity index (χ4v) is 4.37. The second-order valence-electron chi connectivity index (χ2n) is 8.84. The summed E-state index contributed by atoms with van der Waals surface area (Å²) in [5, 5.41) is 9.96. The first-order valence-electron chi connectivity index (χ1n) is 11.2. The Labute approximate surface area is 182 Å². The van der Waals surface area contributed by atoms with Crippen molar-refractivity contribution in [2.24, 2.45) is 5.92 Å². The molecule has 164 valence electrons. The van der Waals surface area contributed by atoms with Gasteiger partial charge in [0.15, 0.2) is 5.52 Å². The van der Waals surface area contributed by atoms with E-state index in [-0.39, 0.29) is 11.5 Å². The lowest BCUT2D eigenvalue weighted by atomic mass is 9.99. The molecule has 0 atom stereocenters. The fourth-order valence-electron chi connectivity index (χ4n) is 4.37. The number of fused-ring (bicyclic) bond motifs is 1. The topological polar surface area (TPSA) is 73.0 Å². The maximum absolute atomic E-state index is 13.1. The van der Waals surface area contributed by atoms with Crippen LogP contribution in [0.25, 0.3) is 16.6 Å². The minimum Gasteiger partial charge on any atom is -0.343 e. The molecular formula is C24H31N5O2. The van der Waals surface area contributed by atoms with Gasteiger partial charge in [0.2, 0.25) is 5.91 Å². The molecule has 1 saturated heterocycles. The van der Waals surface area contributed by atoms with Crippen molar-refractivity contribution in [1.29, 1.82) is 0 Å². The van der Waals surface area contributed by atoms with E-state index in [1.807, 2.05) is 54.6 Å². The summed E-state index contributed by atoms with van der Waals surface area (Å²) in [5.41, 5.74) is 4.01. The molecule has 0 N–H and O–H groups in total. The Kier molecular flexibility index (Phi) is 5.94. The Morgan fingerprint density at radius 3 is 2.42 bits per heavy atom. The molecule has 4 rings (SSSR count). The van der Waals surface area contributed by atoms with E-state index < -0.39 is 0 Å². The normalized spacial score (nSPS) is 15.0. The highest BCUT2D eigenvalue weighted by molar-refractivity contribution is 5.83. The second kappa shape index (κ2) is 8.65. The zero-order chi connectivity index (χ0) is 22.1. The van der Waals surface area contributed by atoms with E-state index in [4.69, 9.17) is 0 Å². The van der Waals surface area contributed by atoms with Crippen LogP contribution in [0.3, 0.4) is 0 Å². The molecule has 0 spiro atoms. The Hall–Kier alpha value is -2.96. The average molecular weight is 422 g/mol. The van der Waals surface area contributed by atoms with Crippen LogP contribution < -0.4 is 5.56 Å². The summed E-state index contributed by atoms with van der Waals surface area (Å²) in [6, 6.07) is 8.07. The van der Waals surface area contributed by atoms with E-state index in [1.54, 1.807) is 0 Å². The van der Waals surface area contributed by atoms with E-state index in [0.717, 1.165) is 48.4 Å². The van der Waals surface area contributed by atoms with Crippen LogP contribution in [-0.4, -0.2) is 43.5 Å². The number of rotatable bonds is 5. The largest absolute Gasteiger partial charge is 0.343 e. The lowest BCUT2D eigenvalue weighted by molar-refractivity contribution is -0.132. The predicted molar refractivity (Wildman–Crippen MR) is 122 cm³/mol. The van der Waals surface area contributed by atoms with Crippen LogP contribution in [0, 0.1) is 26.7 Å². The standard InChI is InChI=1S/C24H31N5O2/c1-16-7-9-20(10-8-16)29-19(4)22-18(3)25-28(24(31)23(22)26-29)13-5-6-21(30)27-14-11-17(2)12-15-27/h7-10,17H,5-6,11-15H2,1-4H3. The summed E-state index contributed by atoms with van der Waals surface area (Å²) in [7, 11) is 0. The molecule has 7 nitrogen and oxygen atoms in total. The third kappa shape index (κ3) is 4.27. The van der Waals surface area contributed by atoms with E-state index in [1.165, 1.54) is 10.2 Å². The maximum Gasteiger partial charge on any atom is 0.295 e. The SMILES string of the molecule is Cc1ccc(-n2nc3c(=O)n(CCCC(=O)N4CCC(C)CC4)nc(C)c3c2C)cc1. The number of aryl methyl sites for hydroxylation is 4. The van der Waals surface area contributed by atoms with Gasteiger partial charge < -0.3 is 4.90 Å². The molecule has 0 aliphatic carbocycles. The van der Waals surface area contributed by atoms with Crippen molar-refractivity contribution >= 4 is 16.8 Å². The minimum absolute atomic E-state index is 0.178. The van der Waals surface area contributed by atoms with Crippen molar-refractivity contribution in [2.45, 2.75) is 59.9 Å². The molecule has 3 heterocycles. The maximum atomic E-state index is 13.1. The van der Waals surface area contributed by atoms with Crippen LogP contribution in [-0.2, 0) is 11.3 Å². The highest BCUT2D eigenvalue weighted by Crippen LogP contribution is 2.21. The number of benzene rings is 1. The number of nitrogens with zero attached hydrogens (tertiary/aromatic N) is 5. The van der Waals surface area contributed by atoms with Crippen LogP contribution in [0.5, 0.6) is 0 Å². The number of carbonyl (C=O) groups excluding carboxylic acids is 1. The monoisotopic (exact) mass is 421 g/mol. The number of carbonyl (C=O) groups is 1. The van der Waals surface area contributed by atoms with Gasteiger partial charge in [-0.15, -0.1) is 0 Å². The van der Waals surface area contributed by atoms with Crippen LogP contribution >= 0.6 is 0 Å². The highest BCUT2D eigenvalue weighted by Gasteiger charge is 2.21. The molecule has 3 aromatic rings. The van der Waals surface area contributed by atoms with Crippen molar-refractivity contribution in [3.63, 3.8) is 0 Å². The summed E-state index contributed by atoms with van der Waals surface area (Å²) >= 11 is 0. The van der Waals surface area contributed by atoms with Crippen LogP contribution in [0.1, 0.15) is 49.6 Å². The summed E-state index contributed by atoms with van der Waals surface area (Å²) in [6.45, 7) is 10.3. The average Bonchev–Trinajstić information content (AvgIpc) is 3.10. The van der Waals surface area contributed by atoms with Gasteiger partial charge in [0.25, 0.3) is 5.56 Å². The zero-order valence-corrected chi connectivity index (χ0v) is 18.9. The summed E-state index contributed by atoms with van der Waals surface area (Å²) in [5.74, 6) is 0.877. The molecule has 31 heavy (non-hydrogen) atoms. The lowest BCUT2D eigenvalue weighted by Gasteiger charge is -2.30. The molecule has 7 heteroatoms. The first-order valence-corrected chi connectivity index (χ1v) is 11.2. The molecule has 1 aliphatic heterocycles. The number of aromatic nitrogens is 4. The zero-order valence-electron chi connectivity index (χ0n) is 18.9. The van der Waals surface area contributed by atoms with Crippen molar-refractivity contribution in [2.75, 3.05) is 13.1 Å². The molecule has 0 unspecified atom stereocenters. The van der Waals surface area contributed by atoms with Gasteiger partial charge in [0.1, 0.15) is 0 Å². The Morgan fingerprint density at radius 1 is 1.06 bits per heavy atom. The van der Waals surface area contributed by atoms with E-state index >= 15 is 0 Å². The molecule has 1 fully saturated rings. The van der Waals surface area contributed by atoms with Crippen LogP contribution in [0.2, 0.25) is 0 Å². The summed E-state index contributed by atoms with van der Waals surface area (Å²) in [4.78, 5) is 27.5. The molecule has 1 amide bonds. The molecule has 0 bridgehead atoms. The smallest absolute Gasteiger partial charge is 0.295 e. The van der Waals surface area contributed by atoms with E-state index in [2.05, 4.69) is 17.1 Å². The fraction of sp³-hybridized carbons (Fsp3) is 0.500. The molecule has 0 radical (unpaired) electrons. The van der Waals surface area contributed by atoms with Gasteiger partial charge in [-0.1, -0.05) is 24.6 Å². The number of hydrogen-bond donors (Lipinski definition) is 0. The minimum atomic E-state index is -0.200. The molecular weight excluding hydrogens is 390 g/mol. The quantitative estimate of drug-likeness (QED) is 0.632. The van der Waals surface area contributed by atoms with Crippen LogP contribution in [0.4, 0.5) is 0 Å². The molecule has 1 aromatic carbocycles. The molecule has 1 aliphatic rings. The van der Waals surface area contributed by atoms with E-state index in [0.29, 0.717) is 30.8 Å². The van der Waals surface area contributed by atoms with Gasteiger partial charge in [-0.3, -0.25) is 9.59 Å². The number of likely N-dealkylation sites (tertiary alicyclic amines) is 1. The Balaban J connectivity index is 1.53. The summed E-state index contributed by atoms with van der Waals surface area (Å²) in [6.07, 6.45) is 3.19. The first kappa shape index (κ1) is 21.3. The van der Waals surface area contributed by atoms with E-state index in [9.17, 15) is 9.59 Å². The van der Waals surface area contributed by atoms with Gasteiger partial charge in [-0.25, -0.2) is 9.36 Å². The van der Waals surface area contributed by atoms with Gasteiger partial charge in [0.05, 0.1) is 22.5 Å². The molecule has 2 aromatic heterocycles. The van der Waals surface area contributed by atoms with Crippen molar-refractivity contribution in [3.05, 3.63) is 51.6 Å². The molecule has 0 saturated carbocycles.